The van der Waals surface area contributed by atoms with Crippen molar-refractivity contribution in [3.05, 3.63) is 28.8 Å². The third kappa shape index (κ3) is 5.42. The molecule has 0 radical (unpaired) electrons. The van der Waals surface area contributed by atoms with Crippen LogP contribution in [0.25, 0.3) is 0 Å². The molecule has 0 saturated carbocycles. The van der Waals surface area contributed by atoms with Gasteiger partial charge in [0.05, 0.1) is 5.02 Å². The molecule has 1 atom stereocenters. The van der Waals surface area contributed by atoms with Crippen molar-refractivity contribution in [2.75, 3.05) is 6.54 Å². The second-order valence-corrected chi connectivity index (χ2v) is 5.90. The summed E-state index contributed by atoms with van der Waals surface area (Å²) in [5, 5.41) is 4.07. The molecule has 96 valence electrons. The molecule has 0 heterocycles. The van der Waals surface area contributed by atoms with Crippen LogP contribution in [0.15, 0.2) is 18.2 Å². The lowest BCUT2D eigenvalue weighted by molar-refractivity contribution is 0.203. The summed E-state index contributed by atoms with van der Waals surface area (Å²) in [5.41, 5.74) is 1.26. The number of aryl methyl sites for hydroxylation is 1. The van der Waals surface area contributed by atoms with Gasteiger partial charge in [-0.25, -0.2) is 0 Å². The second kappa shape index (κ2) is 5.74. The molecule has 0 spiro atoms. The van der Waals surface area contributed by atoms with E-state index in [0.717, 1.165) is 17.9 Å². The zero-order valence-corrected chi connectivity index (χ0v) is 12.1. The maximum Gasteiger partial charge on any atom is 0.138 e. The Labute approximate surface area is 109 Å². The third-order valence-electron chi connectivity index (χ3n) is 2.33. The zero-order chi connectivity index (χ0) is 13.1. The fourth-order valence-electron chi connectivity index (χ4n) is 1.41. The highest BCUT2D eigenvalue weighted by Gasteiger charge is 2.13. The maximum atomic E-state index is 6.08. The molecule has 17 heavy (non-hydrogen) atoms. The van der Waals surface area contributed by atoms with Crippen LogP contribution in [0.5, 0.6) is 5.75 Å². The van der Waals surface area contributed by atoms with Crippen LogP contribution >= 0.6 is 11.6 Å². The highest BCUT2D eigenvalue weighted by molar-refractivity contribution is 6.32. The quantitative estimate of drug-likeness (QED) is 0.884. The lowest BCUT2D eigenvalue weighted by Crippen LogP contribution is -2.41. The summed E-state index contributed by atoms with van der Waals surface area (Å²) in [6, 6.07) is 5.82. The minimum atomic E-state index is 0.0912. The molecule has 0 aromatic heterocycles. The standard InChI is InChI=1S/C14H22ClNO/c1-10-6-7-12(15)13(8-10)17-11(2)9-16-14(3,4)5/h6-8,11,16H,9H2,1-5H3. The van der Waals surface area contributed by atoms with E-state index in [2.05, 4.69) is 26.1 Å². The molecule has 1 rings (SSSR count). The Bertz CT molecular complexity index is 371. The van der Waals surface area contributed by atoms with Gasteiger partial charge in [-0.2, -0.15) is 0 Å². The van der Waals surface area contributed by atoms with E-state index in [0.29, 0.717) is 5.02 Å². The number of hydrogen-bond donors (Lipinski definition) is 1. The van der Waals surface area contributed by atoms with Crippen molar-refractivity contribution >= 4 is 11.6 Å². The van der Waals surface area contributed by atoms with Crippen LogP contribution < -0.4 is 10.1 Å². The SMILES string of the molecule is Cc1ccc(Cl)c(OC(C)CNC(C)(C)C)c1. The van der Waals surface area contributed by atoms with E-state index in [9.17, 15) is 0 Å². The van der Waals surface area contributed by atoms with Gasteiger partial charge in [0.25, 0.3) is 0 Å². The van der Waals surface area contributed by atoms with Gasteiger partial charge in [0.2, 0.25) is 0 Å². The van der Waals surface area contributed by atoms with E-state index in [1.165, 1.54) is 0 Å². The van der Waals surface area contributed by atoms with Crippen LogP contribution in [0.4, 0.5) is 0 Å². The monoisotopic (exact) mass is 255 g/mol. The molecule has 1 aromatic carbocycles. The summed E-state index contributed by atoms with van der Waals surface area (Å²) < 4.78 is 5.83. The van der Waals surface area contributed by atoms with E-state index in [1.807, 2.05) is 32.0 Å². The van der Waals surface area contributed by atoms with Gasteiger partial charge in [0, 0.05) is 12.1 Å². The number of hydrogen-bond acceptors (Lipinski definition) is 2. The van der Waals surface area contributed by atoms with E-state index in [1.54, 1.807) is 0 Å². The van der Waals surface area contributed by atoms with Crippen LogP contribution in [-0.2, 0) is 0 Å². The fourth-order valence-corrected chi connectivity index (χ4v) is 1.57. The van der Waals surface area contributed by atoms with Crippen LogP contribution in [-0.4, -0.2) is 18.2 Å². The van der Waals surface area contributed by atoms with Crippen molar-refractivity contribution in [3.63, 3.8) is 0 Å². The van der Waals surface area contributed by atoms with Gasteiger partial charge >= 0.3 is 0 Å². The van der Waals surface area contributed by atoms with Gasteiger partial charge in [-0.1, -0.05) is 17.7 Å². The van der Waals surface area contributed by atoms with Crippen molar-refractivity contribution < 1.29 is 4.74 Å². The second-order valence-electron chi connectivity index (χ2n) is 5.49. The van der Waals surface area contributed by atoms with Crippen molar-refractivity contribution in [1.82, 2.24) is 5.32 Å². The minimum Gasteiger partial charge on any atom is -0.488 e. The lowest BCUT2D eigenvalue weighted by atomic mass is 10.1. The van der Waals surface area contributed by atoms with Crippen molar-refractivity contribution in [2.24, 2.45) is 0 Å². The Kier molecular flexibility index (Phi) is 4.84. The van der Waals surface area contributed by atoms with Crippen molar-refractivity contribution in [3.8, 4) is 5.75 Å². The molecule has 1 unspecified atom stereocenters. The molecule has 0 aliphatic heterocycles. The van der Waals surface area contributed by atoms with Gasteiger partial charge in [0.15, 0.2) is 0 Å². The van der Waals surface area contributed by atoms with Gasteiger partial charge < -0.3 is 10.1 Å². The summed E-state index contributed by atoms with van der Waals surface area (Å²) in [6.45, 7) is 11.3. The molecule has 0 aliphatic carbocycles. The number of nitrogens with one attached hydrogen (secondary N) is 1. The molecular formula is C14H22ClNO. The Hall–Kier alpha value is -0.730. The first-order chi connectivity index (χ1) is 7.78. The Morgan fingerprint density at radius 3 is 2.59 bits per heavy atom. The lowest BCUT2D eigenvalue weighted by Gasteiger charge is -2.24. The van der Waals surface area contributed by atoms with Gasteiger partial charge in [-0.3, -0.25) is 0 Å². The molecule has 0 saturated heterocycles. The summed E-state index contributed by atoms with van der Waals surface area (Å²) in [4.78, 5) is 0. The largest absolute Gasteiger partial charge is 0.488 e. The number of benzene rings is 1. The molecule has 0 fully saturated rings. The average Bonchev–Trinajstić information content (AvgIpc) is 2.20. The number of rotatable bonds is 4. The van der Waals surface area contributed by atoms with E-state index < -0.39 is 0 Å². The van der Waals surface area contributed by atoms with E-state index >= 15 is 0 Å². The summed E-state index contributed by atoms with van der Waals surface area (Å²) in [5.74, 6) is 0.759. The van der Waals surface area contributed by atoms with Crippen molar-refractivity contribution in [2.45, 2.75) is 46.3 Å². The first kappa shape index (κ1) is 14.3. The van der Waals surface area contributed by atoms with Crippen molar-refractivity contribution in [1.29, 1.82) is 0 Å². The molecule has 1 aromatic rings. The molecule has 2 nitrogen and oxygen atoms in total. The molecule has 0 bridgehead atoms. The van der Waals surface area contributed by atoms with Gasteiger partial charge in [0.1, 0.15) is 11.9 Å². The molecular weight excluding hydrogens is 234 g/mol. The van der Waals surface area contributed by atoms with Crippen LogP contribution in [0.3, 0.4) is 0 Å². The first-order valence-electron chi connectivity index (χ1n) is 5.96. The Morgan fingerprint density at radius 2 is 2.00 bits per heavy atom. The maximum absolute atomic E-state index is 6.08. The topological polar surface area (TPSA) is 21.3 Å². The Morgan fingerprint density at radius 1 is 1.35 bits per heavy atom. The molecule has 1 N–H and O–H groups in total. The Balaban J connectivity index is 2.56. The number of ether oxygens (including phenoxy) is 1. The minimum absolute atomic E-state index is 0.0912. The van der Waals surface area contributed by atoms with Crippen LogP contribution in [0.1, 0.15) is 33.3 Å². The highest BCUT2D eigenvalue weighted by atomic mass is 35.5. The normalized spacial score (nSPS) is 13.5. The van der Waals surface area contributed by atoms with Crippen LogP contribution in [0.2, 0.25) is 5.02 Å². The fraction of sp³-hybridized carbons (Fsp3) is 0.571. The van der Waals surface area contributed by atoms with Gasteiger partial charge in [-0.15, -0.1) is 0 Å². The smallest absolute Gasteiger partial charge is 0.138 e. The highest BCUT2D eigenvalue weighted by Crippen LogP contribution is 2.26. The molecule has 0 aliphatic rings. The molecule has 0 amide bonds. The van der Waals surface area contributed by atoms with E-state index in [4.69, 9.17) is 16.3 Å². The first-order valence-corrected chi connectivity index (χ1v) is 6.33. The summed E-state index contributed by atoms with van der Waals surface area (Å²) in [7, 11) is 0. The van der Waals surface area contributed by atoms with Crippen LogP contribution in [0, 0.1) is 6.92 Å². The zero-order valence-electron chi connectivity index (χ0n) is 11.3. The predicted octanol–water partition coefficient (Wildman–Crippen LogP) is 3.80. The number of halogens is 1. The molecule has 3 heteroatoms. The third-order valence-corrected chi connectivity index (χ3v) is 2.65. The predicted molar refractivity (Wildman–Crippen MR) is 74.0 cm³/mol. The van der Waals surface area contributed by atoms with E-state index in [-0.39, 0.29) is 11.6 Å². The summed E-state index contributed by atoms with van der Waals surface area (Å²) in [6.07, 6.45) is 0.0912. The van der Waals surface area contributed by atoms with Gasteiger partial charge in [-0.05, 0) is 52.3 Å². The average molecular weight is 256 g/mol. The summed E-state index contributed by atoms with van der Waals surface area (Å²) >= 11 is 6.08.